The van der Waals surface area contributed by atoms with E-state index in [0.717, 1.165) is 5.56 Å². The smallest absolute Gasteiger partial charge is 0.271 e. The van der Waals surface area contributed by atoms with Crippen LogP contribution in [-0.2, 0) is 5.41 Å². The van der Waals surface area contributed by atoms with E-state index in [1.54, 1.807) is 18.6 Å². The molecule has 20 heavy (non-hydrogen) atoms. The molecule has 0 aliphatic heterocycles. The summed E-state index contributed by atoms with van der Waals surface area (Å²) in [6.45, 7) is 6.41. The Labute approximate surface area is 118 Å². The Balaban J connectivity index is 1.99. The van der Waals surface area contributed by atoms with Crippen molar-refractivity contribution in [1.82, 2.24) is 5.43 Å². The van der Waals surface area contributed by atoms with Crippen molar-refractivity contribution in [2.24, 2.45) is 5.10 Å². The highest BCUT2D eigenvalue weighted by molar-refractivity contribution is 5.94. The topological polar surface area (TPSA) is 54.6 Å². The molecule has 0 spiro atoms. The summed E-state index contributed by atoms with van der Waals surface area (Å²) in [6, 6.07) is 9.31. The summed E-state index contributed by atoms with van der Waals surface area (Å²) in [6.07, 6.45) is 4.63. The zero-order valence-electron chi connectivity index (χ0n) is 11.9. The van der Waals surface area contributed by atoms with Crippen molar-refractivity contribution in [1.29, 1.82) is 0 Å². The van der Waals surface area contributed by atoms with E-state index in [2.05, 4.69) is 31.3 Å². The molecule has 4 heteroatoms. The highest BCUT2D eigenvalue weighted by atomic mass is 16.3. The Morgan fingerprint density at radius 2 is 1.90 bits per heavy atom. The van der Waals surface area contributed by atoms with Gasteiger partial charge in [-0.3, -0.25) is 4.79 Å². The van der Waals surface area contributed by atoms with Crippen LogP contribution in [0.15, 0.2) is 52.4 Å². The average Bonchev–Trinajstić information content (AvgIpc) is 2.91. The molecule has 0 saturated heterocycles. The summed E-state index contributed by atoms with van der Waals surface area (Å²) in [5.74, 6) is -0.231. The Kier molecular flexibility index (Phi) is 4.03. The van der Waals surface area contributed by atoms with Crippen molar-refractivity contribution in [2.75, 3.05) is 0 Å². The first-order chi connectivity index (χ1) is 9.47. The number of carbonyl (C=O) groups is 1. The number of furan rings is 1. The van der Waals surface area contributed by atoms with Gasteiger partial charge in [0.25, 0.3) is 5.91 Å². The van der Waals surface area contributed by atoms with E-state index in [1.165, 1.54) is 11.8 Å². The second kappa shape index (κ2) is 5.74. The standard InChI is InChI=1S/C16H18N2O2/c1-16(2,3)14-6-4-13(5-7-14)15(19)18-17-10-12-8-9-20-11-12/h4-11H,1-3H3,(H,18,19)/b17-10+. The van der Waals surface area contributed by atoms with Crippen LogP contribution in [0.4, 0.5) is 0 Å². The quantitative estimate of drug-likeness (QED) is 0.687. The minimum Gasteiger partial charge on any atom is -0.472 e. The summed E-state index contributed by atoms with van der Waals surface area (Å²) in [5.41, 5.74) is 5.14. The normalized spacial score (nSPS) is 11.8. The maximum Gasteiger partial charge on any atom is 0.271 e. The van der Waals surface area contributed by atoms with Crippen LogP contribution < -0.4 is 5.43 Å². The molecule has 104 valence electrons. The van der Waals surface area contributed by atoms with E-state index in [-0.39, 0.29) is 11.3 Å². The van der Waals surface area contributed by atoms with Crippen molar-refractivity contribution < 1.29 is 9.21 Å². The summed E-state index contributed by atoms with van der Waals surface area (Å²) in [7, 11) is 0. The molecule has 0 aliphatic carbocycles. The summed E-state index contributed by atoms with van der Waals surface area (Å²) in [5, 5.41) is 3.88. The Bertz CT molecular complexity index is 590. The van der Waals surface area contributed by atoms with Crippen molar-refractivity contribution >= 4 is 12.1 Å². The molecule has 1 aromatic heterocycles. The highest BCUT2D eigenvalue weighted by Gasteiger charge is 2.13. The number of hydrazone groups is 1. The number of benzene rings is 1. The van der Waals surface area contributed by atoms with Crippen LogP contribution in [0.3, 0.4) is 0 Å². The molecule has 4 nitrogen and oxygen atoms in total. The maximum absolute atomic E-state index is 11.9. The van der Waals surface area contributed by atoms with Gasteiger partial charge in [0, 0.05) is 11.1 Å². The molecule has 1 heterocycles. The number of nitrogens with one attached hydrogen (secondary N) is 1. The lowest BCUT2D eigenvalue weighted by molar-refractivity contribution is 0.0955. The maximum atomic E-state index is 11.9. The Morgan fingerprint density at radius 1 is 1.20 bits per heavy atom. The van der Waals surface area contributed by atoms with Crippen molar-refractivity contribution in [3.05, 3.63) is 59.5 Å². The van der Waals surface area contributed by atoms with Gasteiger partial charge in [-0.05, 0) is 29.2 Å². The van der Waals surface area contributed by atoms with Crippen LogP contribution in [0.25, 0.3) is 0 Å². The van der Waals surface area contributed by atoms with Crippen LogP contribution in [0.1, 0.15) is 42.3 Å². The van der Waals surface area contributed by atoms with Gasteiger partial charge in [-0.1, -0.05) is 32.9 Å². The largest absolute Gasteiger partial charge is 0.472 e. The number of hydrogen-bond donors (Lipinski definition) is 1. The first-order valence-electron chi connectivity index (χ1n) is 6.43. The lowest BCUT2D eigenvalue weighted by Crippen LogP contribution is -2.18. The first kappa shape index (κ1) is 14.1. The van der Waals surface area contributed by atoms with Gasteiger partial charge in [0.15, 0.2) is 0 Å². The SMILES string of the molecule is CC(C)(C)c1ccc(C(=O)N/N=C/c2ccoc2)cc1. The van der Waals surface area contributed by atoms with Crippen LogP contribution in [-0.4, -0.2) is 12.1 Å². The zero-order chi connectivity index (χ0) is 14.6. The monoisotopic (exact) mass is 270 g/mol. The van der Waals surface area contributed by atoms with E-state index in [0.29, 0.717) is 5.56 Å². The Hall–Kier alpha value is -2.36. The molecule has 0 bridgehead atoms. The third-order valence-corrected chi connectivity index (χ3v) is 2.94. The highest BCUT2D eigenvalue weighted by Crippen LogP contribution is 2.22. The molecule has 0 atom stereocenters. The number of hydrogen-bond acceptors (Lipinski definition) is 3. The first-order valence-corrected chi connectivity index (χ1v) is 6.43. The lowest BCUT2D eigenvalue weighted by Gasteiger charge is -2.18. The van der Waals surface area contributed by atoms with Gasteiger partial charge in [-0.15, -0.1) is 0 Å². The van der Waals surface area contributed by atoms with Crippen LogP contribution >= 0.6 is 0 Å². The van der Waals surface area contributed by atoms with Crippen LogP contribution in [0, 0.1) is 0 Å². The molecule has 0 saturated carbocycles. The Morgan fingerprint density at radius 3 is 2.45 bits per heavy atom. The van der Waals surface area contributed by atoms with E-state index in [4.69, 9.17) is 4.42 Å². The lowest BCUT2D eigenvalue weighted by atomic mass is 9.87. The average molecular weight is 270 g/mol. The van der Waals surface area contributed by atoms with E-state index < -0.39 is 0 Å². The minimum atomic E-state index is -0.231. The molecule has 2 rings (SSSR count). The van der Waals surface area contributed by atoms with Crippen LogP contribution in [0.2, 0.25) is 0 Å². The summed E-state index contributed by atoms with van der Waals surface area (Å²) < 4.78 is 4.90. The van der Waals surface area contributed by atoms with E-state index in [1.807, 2.05) is 24.3 Å². The summed E-state index contributed by atoms with van der Waals surface area (Å²) in [4.78, 5) is 11.9. The van der Waals surface area contributed by atoms with Gasteiger partial charge in [-0.25, -0.2) is 5.43 Å². The van der Waals surface area contributed by atoms with Crippen molar-refractivity contribution in [2.45, 2.75) is 26.2 Å². The second-order valence-corrected chi connectivity index (χ2v) is 5.58. The fourth-order valence-corrected chi connectivity index (χ4v) is 1.70. The van der Waals surface area contributed by atoms with Crippen molar-refractivity contribution in [3.63, 3.8) is 0 Å². The minimum absolute atomic E-state index is 0.0778. The third kappa shape index (κ3) is 3.57. The predicted octanol–water partition coefficient (Wildman–Crippen LogP) is 3.34. The number of rotatable bonds is 3. The van der Waals surface area contributed by atoms with Gasteiger partial charge >= 0.3 is 0 Å². The molecule has 0 radical (unpaired) electrons. The van der Waals surface area contributed by atoms with Gasteiger partial charge < -0.3 is 4.42 Å². The van der Waals surface area contributed by atoms with E-state index >= 15 is 0 Å². The van der Waals surface area contributed by atoms with Gasteiger partial charge in [0.2, 0.25) is 0 Å². The fraction of sp³-hybridized carbons (Fsp3) is 0.250. The molecule has 1 N–H and O–H groups in total. The molecular weight excluding hydrogens is 252 g/mol. The van der Waals surface area contributed by atoms with Gasteiger partial charge in [0.1, 0.15) is 0 Å². The number of amides is 1. The van der Waals surface area contributed by atoms with E-state index in [9.17, 15) is 4.79 Å². The van der Waals surface area contributed by atoms with Crippen LogP contribution in [0.5, 0.6) is 0 Å². The summed E-state index contributed by atoms with van der Waals surface area (Å²) >= 11 is 0. The zero-order valence-corrected chi connectivity index (χ0v) is 11.9. The van der Waals surface area contributed by atoms with Crippen molar-refractivity contribution in [3.8, 4) is 0 Å². The molecular formula is C16H18N2O2. The number of carbonyl (C=O) groups excluding carboxylic acids is 1. The molecule has 0 aliphatic rings. The second-order valence-electron chi connectivity index (χ2n) is 5.58. The molecule has 1 amide bonds. The fourth-order valence-electron chi connectivity index (χ4n) is 1.70. The predicted molar refractivity (Wildman–Crippen MR) is 78.9 cm³/mol. The molecule has 0 unspecified atom stereocenters. The molecule has 0 fully saturated rings. The molecule has 1 aromatic carbocycles. The third-order valence-electron chi connectivity index (χ3n) is 2.94. The van der Waals surface area contributed by atoms with Gasteiger partial charge in [0.05, 0.1) is 18.7 Å². The number of nitrogens with zero attached hydrogens (tertiary/aromatic N) is 1. The molecule has 2 aromatic rings. The van der Waals surface area contributed by atoms with Gasteiger partial charge in [-0.2, -0.15) is 5.10 Å².